The van der Waals surface area contributed by atoms with Crippen molar-refractivity contribution in [1.29, 1.82) is 0 Å². The minimum absolute atomic E-state index is 0.0415. The number of nitrogen functional groups attached to an aromatic ring is 1. The number of nitrogens with two attached hydrogens (primary N) is 1. The van der Waals surface area contributed by atoms with Crippen LogP contribution in [0.3, 0.4) is 0 Å². The van der Waals surface area contributed by atoms with E-state index in [9.17, 15) is 10.2 Å². The first-order chi connectivity index (χ1) is 7.61. The van der Waals surface area contributed by atoms with Crippen LogP contribution in [0, 0.1) is 0 Å². The van der Waals surface area contributed by atoms with Crippen molar-refractivity contribution in [2.24, 2.45) is 0 Å². The first kappa shape index (κ1) is 11.2. The molecule has 2 rings (SSSR count). The van der Waals surface area contributed by atoms with E-state index in [1.165, 1.54) is 0 Å². The summed E-state index contributed by atoms with van der Waals surface area (Å²) in [7, 11) is 0. The monoisotopic (exact) mass is 242 g/mol. The van der Waals surface area contributed by atoms with Gasteiger partial charge >= 0.3 is 0 Å². The summed E-state index contributed by atoms with van der Waals surface area (Å²) in [5, 5.41) is 19.1. The second kappa shape index (κ2) is 4.29. The van der Waals surface area contributed by atoms with Gasteiger partial charge in [0.2, 0.25) is 0 Å². The highest BCUT2D eigenvalue weighted by atomic mass is 35.5. The molecular weight excluding hydrogens is 232 g/mol. The predicted octanol–water partition coefficient (Wildman–Crippen LogP) is 1.04. The van der Waals surface area contributed by atoms with E-state index >= 15 is 0 Å². The number of nitrogens with zero attached hydrogens (tertiary/aromatic N) is 1. The summed E-state index contributed by atoms with van der Waals surface area (Å²) in [6, 6.07) is 4.95. The maximum atomic E-state index is 9.73. The number of anilines is 1. The van der Waals surface area contributed by atoms with Crippen LogP contribution in [-0.2, 0) is 0 Å². The molecule has 0 aliphatic rings. The molecule has 0 bridgehead atoms. The molecule has 0 saturated heterocycles. The number of hydrogen-bond donors (Lipinski definition) is 3. The van der Waals surface area contributed by atoms with Crippen LogP contribution in [-0.4, -0.2) is 27.2 Å². The number of halogens is 1. The van der Waals surface area contributed by atoms with Crippen LogP contribution in [0.4, 0.5) is 6.01 Å². The topological polar surface area (TPSA) is 92.5 Å². The highest BCUT2D eigenvalue weighted by molar-refractivity contribution is 6.18. The van der Waals surface area contributed by atoms with Crippen LogP contribution in [0.2, 0.25) is 0 Å². The van der Waals surface area contributed by atoms with Gasteiger partial charge in [-0.2, -0.15) is 4.98 Å². The zero-order valence-corrected chi connectivity index (χ0v) is 9.05. The van der Waals surface area contributed by atoms with Crippen molar-refractivity contribution in [3.8, 4) is 0 Å². The molecule has 2 aromatic rings. The van der Waals surface area contributed by atoms with E-state index < -0.39 is 12.2 Å². The lowest BCUT2D eigenvalue weighted by Crippen LogP contribution is -2.19. The maximum Gasteiger partial charge on any atom is 0.292 e. The SMILES string of the molecule is Nc1nc2cc(C(O)C(O)CCl)ccc2o1. The Balaban J connectivity index is 2.38. The van der Waals surface area contributed by atoms with E-state index in [0.717, 1.165) is 0 Å². The van der Waals surface area contributed by atoms with Gasteiger partial charge in [-0.1, -0.05) is 6.07 Å². The van der Waals surface area contributed by atoms with E-state index in [2.05, 4.69) is 4.98 Å². The van der Waals surface area contributed by atoms with Crippen LogP contribution >= 0.6 is 11.6 Å². The number of aliphatic hydroxyl groups is 2. The Labute approximate surface area is 96.5 Å². The molecule has 6 heteroatoms. The Morgan fingerprint density at radius 1 is 1.44 bits per heavy atom. The standard InChI is InChI=1S/C10H11ClN2O3/c11-4-7(14)9(15)5-1-2-8-6(3-5)13-10(12)16-8/h1-3,7,9,14-15H,4H2,(H2,12,13). The fourth-order valence-corrected chi connectivity index (χ4v) is 1.62. The number of oxazole rings is 1. The summed E-state index contributed by atoms with van der Waals surface area (Å²) < 4.78 is 5.09. The zero-order chi connectivity index (χ0) is 11.7. The van der Waals surface area contributed by atoms with Crippen molar-refractivity contribution >= 4 is 28.7 Å². The number of rotatable bonds is 3. The molecular formula is C10H11ClN2O3. The van der Waals surface area contributed by atoms with Gasteiger partial charge < -0.3 is 20.4 Å². The van der Waals surface area contributed by atoms with E-state index in [4.69, 9.17) is 21.8 Å². The summed E-state index contributed by atoms with van der Waals surface area (Å²) >= 11 is 5.45. The quantitative estimate of drug-likeness (QED) is 0.700. The van der Waals surface area contributed by atoms with E-state index in [1.54, 1.807) is 18.2 Å². The van der Waals surface area contributed by atoms with Crippen molar-refractivity contribution < 1.29 is 14.6 Å². The molecule has 0 saturated carbocycles. The fraction of sp³-hybridized carbons (Fsp3) is 0.300. The molecule has 1 aromatic carbocycles. The first-order valence-corrected chi connectivity index (χ1v) is 5.23. The summed E-state index contributed by atoms with van der Waals surface area (Å²) in [6.45, 7) is 0. The molecule has 0 fully saturated rings. The lowest BCUT2D eigenvalue weighted by Gasteiger charge is -2.15. The Kier molecular flexibility index (Phi) is 3.00. The van der Waals surface area contributed by atoms with Crippen LogP contribution < -0.4 is 5.73 Å². The summed E-state index contributed by atoms with van der Waals surface area (Å²) in [5.74, 6) is -0.0415. The van der Waals surface area contributed by atoms with E-state index in [-0.39, 0.29) is 11.9 Å². The third kappa shape index (κ3) is 1.97. The molecule has 0 amide bonds. The molecule has 0 aliphatic heterocycles. The van der Waals surface area contributed by atoms with Gasteiger partial charge in [0.05, 0.1) is 12.0 Å². The number of aliphatic hydroxyl groups excluding tert-OH is 2. The highest BCUT2D eigenvalue weighted by Crippen LogP contribution is 2.24. The molecule has 0 radical (unpaired) electrons. The molecule has 86 valence electrons. The van der Waals surface area contributed by atoms with Crippen LogP contribution in [0.25, 0.3) is 11.1 Å². The minimum atomic E-state index is -1.04. The van der Waals surface area contributed by atoms with E-state index in [1.807, 2.05) is 0 Å². The summed E-state index contributed by atoms with van der Waals surface area (Å²) in [6.07, 6.45) is -2.05. The first-order valence-electron chi connectivity index (χ1n) is 4.70. The number of alkyl halides is 1. The molecule has 1 aromatic heterocycles. The molecule has 0 spiro atoms. The molecule has 2 atom stereocenters. The second-order valence-electron chi connectivity index (χ2n) is 3.45. The smallest absolute Gasteiger partial charge is 0.292 e. The lowest BCUT2D eigenvalue weighted by molar-refractivity contribution is 0.0328. The molecule has 0 aliphatic carbocycles. The third-order valence-corrected chi connectivity index (χ3v) is 2.61. The molecule has 4 N–H and O–H groups in total. The van der Waals surface area contributed by atoms with Gasteiger partial charge in [-0.3, -0.25) is 0 Å². The number of hydrogen-bond acceptors (Lipinski definition) is 5. The Morgan fingerprint density at radius 2 is 2.19 bits per heavy atom. The third-order valence-electron chi connectivity index (χ3n) is 2.29. The Bertz CT molecular complexity index is 500. The van der Waals surface area contributed by atoms with Crippen LogP contribution in [0.15, 0.2) is 22.6 Å². The molecule has 5 nitrogen and oxygen atoms in total. The summed E-state index contributed by atoms with van der Waals surface area (Å²) in [4.78, 5) is 3.93. The highest BCUT2D eigenvalue weighted by Gasteiger charge is 2.18. The van der Waals surface area contributed by atoms with Gasteiger partial charge in [-0.05, 0) is 17.7 Å². The number of benzene rings is 1. The minimum Gasteiger partial charge on any atom is -0.424 e. The maximum absolute atomic E-state index is 9.73. The van der Waals surface area contributed by atoms with Crippen LogP contribution in [0.5, 0.6) is 0 Å². The Hall–Kier alpha value is -1.30. The molecule has 2 unspecified atom stereocenters. The van der Waals surface area contributed by atoms with Crippen LogP contribution in [0.1, 0.15) is 11.7 Å². The number of aromatic nitrogens is 1. The normalized spacial score (nSPS) is 15.2. The lowest BCUT2D eigenvalue weighted by atomic mass is 10.1. The molecule has 16 heavy (non-hydrogen) atoms. The fourth-order valence-electron chi connectivity index (χ4n) is 1.45. The van der Waals surface area contributed by atoms with Gasteiger partial charge in [0.15, 0.2) is 5.58 Å². The van der Waals surface area contributed by atoms with E-state index in [0.29, 0.717) is 16.7 Å². The number of fused-ring (bicyclic) bond motifs is 1. The van der Waals surface area contributed by atoms with Gasteiger partial charge in [-0.15, -0.1) is 11.6 Å². The van der Waals surface area contributed by atoms with Crippen molar-refractivity contribution in [3.63, 3.8) is 0 Å². The summed E-state index contributed by atoms with van der Waals surface area (Å²) in [5.41, 5.74) is 6.99. The average molecular weight is 243 g/mol. The van der Waals surface area contributed by atoms with Gasteiger partial charge in [-0.25, -0.2) is 0 Å². The van der Waals surface area contributed by atoms with Crippen molar-refractivity contribution in [1.82, 2.24) is 4.98 Å². The van der Waals surface area contributed by atoms with Gasteiger partial charge in [0, 0.05) is 0 Å². The molecule has 1 heterocycles. The average Bonchev–Trinajstić information content (AvgIpc) is 2.65. The van der Waals surface area contributed by atoms with Crippen molar-refractivity contribution in [2.45, 2.75) is 12.2 Å². The Morgan fingerprint density at radius 3 is 2.88 bits per heavy atom. The largest absolute Gasteiger partial charge is 0.424 e. The van der Waals surface area contributed by atoms with Crippen molar-refractivity contribution in [3.05, 3.63) is 23.8 Å². The predicted molar refractivity (Wildman–Crippen MR) is 60.1 cm³/mol. The second-order valence-corrected chi connectivity index (χ2v) is 3.75. The zero-order valence-electron chi connectivity index (χ0n) is 8.30. The van der Waals surface area contributed by atoms with Gasteiger partial charge in [0.25, 0.3) is 6.01 Å². The van der Waals surface area contributed by atoms with Crippen molar-refractivity contribution in [2.75, 3.05) is 11.6 Å². The van der Waals surface area contributed by atoms with Gasteiger partial charge in [0.1, 0.15) is 11.6 Å².